The largest absolute Gasteiger partial charge is 0.493 e. The van der Waals surface area contributed by atoms with Crippen molar-refractivity contribution in [3.63, 3.8) is 0 Å². The van der Waals surface area contributed by atoms with Gasteiger partial charge in [-0.05, 0) is 42.7 Å². The Morgan fingerprint density at radius 1 is 1.10 bits per heavy atom. The van der Waals surface area contributed by atoms with Crippen molar-refractivity contribution in [2.75, 3.05) is 26.9 Å². The first kappa shape index (κ1) is 23.7. The van der Waals surface area contributed by atoms with Crippen molar-refractivity contribution < 1.29 is 23.8 Å². The number of carbonyl (C=O) groups is 2. The third-order valence-corrected chi connectivity index (χ3v) is 4.39. The zero-order valence-electron chi connectivity index (χ0n) is 18.1. The summed E-state index contributed by atoms with van der Waals surface area (Å²) in [5.41, 5.74) is 3.08. The first-order chi connectivity index (χ1) is 15.0. The van der Waals surface area contributed by atoms with Crippen LogP contribution in [0.2, 0.25) is 0 Å². The van der Waals surface area contributed by atoms with Gasteiger partial charge in [-0.1, -0.05) is 48.6 Å². The van der Waals surface area contributed by atoms with E-state index in [-0.39, 0.29) is 19.1 Å². The summed E-state index contributed by atoms with van der Waals surface area (Å²) in [7, 11) is 1.55. The van der Waals surface area contributed by atoms with Crippen molar-refractivity contribution >= 4 is 18.0 Å². The van der Waals surface area contributed by atoms with Crippen molar-refractivity contribution in [3.05, 3.63) is 77.9 Å². The lowest BCUT2D eigenvalue weighted by atomic mass is 10.1. The molecule has 0 saturated heterocycles. The molecule has 0 spiro atoms. The van der Waals surface area contributed by atoms with Gasteiger partial charge in [-0.3, -0.25) is 4.79 Å². The minimum absolute atomic E-state index is 0.0713. The monoisotopic (exact) mass is 423 g/mol. The number of hydrogen-bond donors (Lipinski definition) is 1. The molecule has 0 saturated carbocycles. The summed E-state index contributed by atoms with van der Waals surface area (Å²) >= 11 is 0. The molecule has 6 nitrogen and oxygen atoms in total. The van der Waals surface area contributed by atoms with Crippen LogP contribution in [-0.4, -0.2) is 38.7 Å². The van der Waals surface area contributed by atoms with Crippen molar-refractivity contribution in [2.45, 2.75) is 19.8 Å². The smallest absolute Gasteiger partial charge is 0.330 e. The zero-order chi connectivity index (χ0) is 22.5. The summed E-state index contributed by atoms with van der Waals surface area (Å²) < 4.78 is 15.9. The molecule has 2 rings (SSSR count). The highest BCUT2D eigenvalue weighted by Gasteiger charge is 2.05. The van der Waals surface area contributed by atoms with Gasteiger partial charge in [0.15, 0.2) is 11.5 Å². The predicted molar refractivity (Wildman–Crippen MR) is 121 cm³/mol. The Morgan fingerprint density at radius 3 is 2.58 bits per heavy atom. The van der Waals surface area contributed by atoms with Crippen LogP contribution < -0.4 is 14.8 Å². The van der Waals surface area contributed by atoms with Crippen molar-refractivity contribution in [1.82, 2.24) is 5.32 Å². The van der Waals surface area contributed by atoms with Crippen molar-refractivity contribution in [3.8, 4) is 11.5 Å². The maximum Gasteiger partial charge on any atom is 0.330 e. The molecule has 164 valence electrons. The Bertz CT molecular complexity index is 903. The molecule has 0 heterocycles. The van der Waals surface area contributed by atoms with Crippen LogP contribution in [0.15, 0.2) is 61.2 Å². The molecule has 0 bridgehead atoms. The van der Waals surface area contributed by atoms with Gasteiger partial charge in [0.2, 0.25) is 5.91 Å². The second-order valence-corrected chi connectivity index (χ2v) is 6.85. The Kier molecular flexibility index (Phi) is 9.88. The van der Waals surface area contributed by atoms with Gasteiger partial charge in [-0.25, -0.2) is 4.79 Å². The molecule has 1 amide bonds. The molecule has 0 aromatic heterocycles. The number of benzene rings is 2. The fourth-order valence-electron chi connectivity index (χ4n) is 2.71. The van der Waals surface area contributed by atoms with Crippen LogP contribution in [0.5, 0.6) is 11.5 Å². The molecule has 0 radical (unpaired) electrons. The third kappa shape index (κ3) is 8.78. The van der Waals surface area contributed by atoms with E-state index < -0.39 is 5.97 Å². The summed E-state index contributed by atoms with van der Waals surface area (Å²) in [5, 5.41) is 2.75. The van der Waals surface area contributed by atoms with Crippen LogP contribution in [-0.2, 0) is 20.7 Å². The number of amides is 1. The first-order valence-corrected chi connectivity index (χ1v) is 10.1. The standard InChI is InChI=1S/C25H29NO5/c1-4-16-30-22-12-9-21(18-23(22)29-3)11-14-25(28)31-17-15-26-24(27)13-10-20-7-5-19(2)6-8-20/h4-9,11-12,14,18H,1,10,13,15-17H2,2-3H3,(H,26,27)/b14-11+. The summed E-state index contributed by atoms with van der Waals surface area (Å²) in [6.45, 7) is 6.40. The SMILES string of the molecule is C=CCOc1ccc(/C=C/C(=O)OCCNC(=O)CCc2ccc(C)cc2)cc1OC. The molecule has 2 aromatic carbocycles. The number of hydrogen-bond acceptors (Lipinski definition) is 5. The molecule has 6 heteroatoms. The average molecular weight is 424 g/mol. The molecule has 0 fully saturated rings. The Hall–Kier alpha value is -3.54. The molecule has 31 heavy (non-hydrogen) atoms. The lowest BCUT2D eigenvalue weighted by molar-refractivity contribution is -0.138. The summed E-state index contributed by atoms with van der Waals surface area (Å²) in [5.74, 6) is 0.601. The molecule has 0 aliphatic heterocycles. The van der Waals surface area contributed by atoms with E-state index in [1.165, 1.54) is 11.6 Å². The Labute approximate surface area is 183 Å². The van der Waals surface area contributed by atoms with E-state index >= 15 is 0 Å². The number of carbonyl (C=O) groups excluding carboxylic acids is 2. The fourth-order valence-corrected chi connectivity index (χ4v) is 2.71. The Balaban J connectivity index is 1.69. The number of aryl methyl sites for hydroxylation is 2. The van der Waals surface area contributed by atoms with Crippen LogP contribution >= 0.6 is 0 Å². The lowest BCUT2D eigenvalue weighted by Gasteiger charge is -2.09. The van der Waals surface area contributed by atoms with Crippen LogP contribution in [0.25, 0.3) is 6.08 Å². The highest BCUT2D eigenvalue weighted by atomic mass is 16.5. The molecule has 0 aliphatic rings. The van der Waals surface area contributed by atoms with Gasteiger partial charge in [0.05, 0.1) is 13.7 Å². The van der Waals surface area contributed by atoms with Crippen LogP contribution in [0, 0.1) is 6.92 Å². The van der Waals surface area contributed by atoms with E-state index in [9.17, 15) is 9.59 Å². The number of rotatable bonds is 12. The van der Waals surface area contributed by atoms with Gasteiger partial charge in [-0.15, -0.1) is 0 Å². The second-order valence-electron chi connectivity index (χ2n) is 6.85. The molecule has 0 aliphatic carbocycles. The molecule has 0 atom stereocenters. The number of esters is 1. The first-order valence-electron chi connectivity index (χ1n) is 10.1. The van der Waals surface area contributed by atoms with Crippen LogP contribution in [0.1, 0.15) is 23.1 Å². The minimum atomic E-state index is -0.486. The Morgan fingerprint density at radius 2 is 1.87 bits per heavy atom. The maximum atomic E-state index is 11.9. The van der Waals surface area contributed by atoms with Gasteiger partial charge in [0, 0.05) is 12.5 Å². The molecule has 1 N–H and O–H groups in total. The number of methoxy groups -OCH3 is 1. The van der Waals surface area contributed by atoms with Gasteiger partial charge < -0.3 is 19.5 Å². The van der Waals surface area contributed by atoms with Gasteiger partial charge >= 0.3 is 5.97 Å². The maximum absolute atomic E-state index is 11.9. The normalized spacial score (nSPS) is 10.5. The zero-order valence-corrected chi connectivity index (χ0v) is 18.1. The predicted octanol–water partition coefficient (Wildman–Crippen LogP) is 3.87. The summed E-state index contributed by atoms with van der Waals surface area (Å²) in [4.78, 5) is 23.8. The van der Waals surface area contributed by atoms with E-state index in [4.69, 9.17) is 14.2 Å². The van der Waals surface area contributed by atoms with Gasteiger partial charge in [0.25, 0.3) is 0 Å². The van der Waals surface area contributed by atoms with Crippen molar-refractivity contribution in [1.29, 1.82) is 0 Å². The van der Waals surface area contributed by atoms with E-state index in [2.05, 4.69) is 11.9 Å². The topological polar surface area (TPSA) is 73.9 Å². The fraction of sp³-hybridized carbons (Fsp3) is 0.280. The van der Waals surface area contributed by atoms with E-state index in [0.717, 1.165) is 11.1 Å². The average Bonchev–Trinajstić information content (AvgIpc) is 2.79. The molecule has 0 unspecified atom stereocenters. The molecular weight excluding hydrogens is 394 g/mol. The summed E-state index contributed by atoms with van der Waals surface area (Å²) in [6, 6.07) is 13.4. The molecule has 2 aromatic rings. The van der Waals surface area contributed by atoms with Crippen LogP contribution in [0.3, 0.4) is 0 Å². The van der Waals surface area contributed by atoms with Gasteiger partial charge in [-0.2, -0.15) is 0 Å². The third-order valence-electron chi connectivity index (χ3n) is 4.39. The number of ether oxygens (including phenoxy) is 3. The van der Waals surface area contributed by atoms with E-state index in [0.29, 0.717) is 30.9 Å². The number of nitrogens with one attached hydrogen (secondary N) is 1. The molecular formula is C25H29NO5. The quantitative estimate of drug-likeness (QED) is 0.243. The minimum Gasteiger partial charge on any atom is -0.493 e. The van der Waals surface area contributed by atoms with Crippen molar-refractivity contribution in [2.24, 2.45) is 0 Å². The lowest BCUT2D eigenvalue weighted by Crippen LogP contribution is -2.28. The van der Waals surface area contributed by atoms with Crippen LogP contribution in [0.4, 0.5) is 0 Å². The van der Waals surface area contributed by atoms with E-state index in [1.54, 1.807) is 37.5 Å². The summed E-state index contributed by atoms with van der Waals surface area (Å²) in [6.07, 6.45) is 5.68. The second kappa shape index (κ2) is 12.9. The highest BCUT2D eigenvalue weighted by molar-refractivity contribution is 5.87. The highest BCUT2D eigenvalue weighted by Crippen LogP contribution is 2.28. The van der Waals surface area contributed by atoms with E-state index in [1.807, 2.05) is 31.2 Å². The van der Waals surface area contributed by atoms with Gasteiger partial charge in [0.1, 0.15) is 13.2 Å².